The number of carbonyl (C=O) groups is 1. The quantitative estimate of drug-likeness (QED) is 0.612. The van der Waals surface area contributed by atoms with Crippen LogP contribution in [0.15, 0.2) is 36.7 Å². The minimum absolute atomic E-state index is 0.244. The number of nitrogens with zero attached hydrogens (tertiary/aromatic N) is 1. The van der Waals surface area contributed by atoms with Gasteiger partial charge in [-0.15, -0.1) is 0 Å². The van der Waals surface area contributed by atoms with Crippen molar-refractivity contribution in [3.05, 3.63) is 42.5 Å². The standard InChI is InChI=1S/C12H15N5O/c13-9-1-3-10(4-2-9)17-12(18)16-6-5-11-14-7-8-15-11/h1-4,7-8H,5-6,13H2,(H,14,15)(H2,16,17,18). The smallest absolute Gasteiger partial charge is 0.319 e. The summed E-state index contributed by atoms with van der Waals surface area (Å²) in [5.41, 5.74) is 6.93. The van der Waals surface area contributed by atoms with E-state index in [4.69, 9.17) is 5.73 Å². The molecule has 1 aromatic carbocycles. The Hall–Kier alpha value is -2.50. The molecular weight excluding hydrogens is 230 g/mol. The lowest BCUT2D eigenvalue weighted by molar-refractivity contribution is 0.252. The van der Waals surface area contributed by atoms with Crippen LogP contribution in [0.4, 0.5) is 16.2 Å². The SMILES string of the molecule is Nc1ccc(NC(=O)NCCc2ncc[nH]2)cc1. The summed E-state index contributed by atoms with van der Waals surface area (Å²) in [5, 5.41) is 5.46. The third-order valence-corrected chi connectivity index (χ3v) is 2.37. The van der Waals surface area contributed by atoms with E-state index < -0.39 is 0 Å². The van der Waals surface area contributed by atoms with Gasteiger partial charge in [0.1, 0.15) is 5.82 Å². The van der Waals surface area contributed by atoms with Crippen molar-refractivity contribution in [3.63, 3.8) is 0 Å². The summed E-state index contributed by atoms with van der Waals surface area (Å²) in [6.45, 7) is 0.522. The van der Waals surface area contributed by atoms with Gasteiger partial charge >= 0.3 is 6.03 Å². The fraction of sp³-hybridized carbons (Fsp3) is 0.167. The number of nitrogens with two attached hydrogens (primary N) is 1. The largest absolute Gasteiger partial charge is 0.399 e. The average molecular weight is 245 g/mol. The Morgan fingerprint density at radius 3 is 2.78 bits per heavy atom. The van der Waals surface area contributed by atoms with Crippen LogP contribution in [0.3, 0.4) is 0 Å². The van der Waals surface area contributed by atoms with Crippen molar-refractivity contribution in [2.75, 3.05) is 17.6 Å². The lowest BCUT2D eigenvalue weighted by Crippen LogP contribution is -2.30. The van der Waals surface area contributed by atoms with E-state index in [1.807, 2.05) is 0 Å². The van der Waals surface area contributed by atoms with Crippen LogP contribution in [-0.2, 0) is 6.42 Å². The zero-order chi connectivity index (χ0) is 12.8. The highest BCUT2D eigenvalue weighted by molar-refractivity contribution is 5.89. The van der Waals surface area contributed by atoms with Gasteiger partial charge in [0.15, 0.2) is 0 Å². The molecule has 0 radical (unpaired) electrons. The van der Waals surface area contributed by atoms with Gasteiger partial charge in [-0.3, -0.25) is 0 Å². The van der Waals surface area contributed by atoms with E-state index in [9.17, 15) is 4.79 Å². The van der Waals surface area contributed by atoms with Crippen LogP contribution in [0.25, 0.3) is 0 Å². The maximum atomic E-state index is 11.5. The molecule has 5 N–H and O–H groups in total. The normalized spacial score (nSPS) is 10.0. The number of aromatic nitrogens is 2. The Morgan fingerprint density at radius 1 is 1.33 bits per heavy atom. The van der Waals surface area contributed by atoms with E-state index in [1.54, 1.807) is 36.7 Å². The molecule has 0 saturated heterocycles. The van der Waals surface area contributed by atoms with E-state index in [2.05, 4.69) is 20.6 Å². The predicted octanol–water partition coefficient (Wildman–Crippen LogP) is 1.36. The number of nitrogens with one attached hydrogen (secondary N) is 3. The van der Waals surface area contributed by atoms with Gasteiger partial charge < -0.3 is 21.4 Å². The Bertz CT molecular complexity index is 492. The molecule has 0 fully saturated rings. The first-order valence-electron chi connectivity index (χ1n) is 5.63. The maximum absolute atomic E-state index is 11.5. The van der Waals surface area contributed by atoms with Crippen molar-refractivity contribution >= 4 is 17.4 Å². The summed E-state index contributed by atoms with van der Waals surface area (Å²) in [5.74, 6) is 0.850. The summed E-state index contributed by atoms with van der Waals surface area (Å²) in [6.07, 6.45) is 4.11. The van der Waals surface area contributed by atoms with Crippen molar-refractivity contribution in [1.82, 2.24) is 15.3 Å². The van der Waals surface area contributed by atoms with Gasteiger partial charge in [0.25, 0.3) is 0 Å². The molecule has 0 atom stereocenters. The van der Waals surface area contributed by atoms with Crippen molar-refractivity contribution in [2.24, 2.45) is 0 Å². The van der Waals surface area contributed by atoms with E-state index in [-0.39, 0.29) is 6.03 Å². The zero-order valence-electron chi connectivity index (χ0n) is 9.81. The van der Waals surface area contributed by atoms with Crippen LogP contribution in [0.2, 0.25) is 0 Å². The first-order valence-corrected chi connectivity index (χ1v) is 5.63. The number of amides is 2. The number of H-pyrrole nitrogens is 1. The summed E-state index contributed by atoms with van der Waals surface area (Å²) in [6, 6.07) is 6.73. The number of hydrogen-bond acceptors (Lipinski definition) is 3. The molecule has 2 rings (SSSR count). The number of rotatable bonds is 4. The monoisotopic (exact) mass is 245 g/mol. The Morgan fingerprint density at radius 2 is 2.11 bits per heavy atom. The van der Waals surface area contributed by atoms with Crippen LogP contribution >= 0.6 is 0 Å². The van der Waals surface area contributed by atoms with Crippen molar-refractivity contribution < 1.29 is 4.79 Å². The minimum atomic E-state index is -0.244. The Balaban J connectivity index is 1.73. The van der Waals surface area contributed by atoms with E-state index >= 15 is 0 Å². The van der Waals surface area contributed by atoms with E-state index in [1.165, 1.54) is 0 Å². The highest BCUT2D eigenvalue weighted by Crippen LogP contribution is 2.09. The van der Waals surface area contributed by atoms with Gasteiger partial charge in [-0.2, -0.15) is 0 Å². The van der Waals surface area contributed by atoms with Gasteiger partial charge in [0, 0.05) is 36.7 Å². The molecule has 2 amide bonds. The number of nitrogen functional groups attached to an aromatic ring is 1. The van der Waals surface area contributed by atoms with Gasteiger partial charge in [-0.25, -0.2) is 9.78 Å². The fourth-order valence-electron chi connectivity index (χ4n) is 1.47. The van der Waals surface area contributed by atoms with Gasteiger partial charge in [0.05, 0.1) is 0 Å². The van der Waals surface area contributed by atoms with Crippen molar-refractivity contribution in [3.8, 4) is 0 Å². The second-order valence-electron chi connectivity index (χ2n) is 3.79. The summed E-state index contributed by atoms with van der Waals surface area (Å²) in [7, 11) is 0. The van der Waals surface area contributed by atoms with Crippen LogP contribution in [-0.4, -0.2) is 22.5 Å². The van der Waals surface area contributed by atoms with Crippen molar-refractivity contribution in [1.29, 1.82) is 0 Å². The molecule has 0 spiro atoms. The van der Waals surface area contributed by atoms with Crippen LogP contribution in [0, 0.1) is 0 Å². The highest BCUT2D eigenvalue weighted by atomic mass is 16.2. The molecule has 1 heterocycles. The molecule has 2 aromatic rings. The second kappa shape index (κ2) is 5.72. The van der Waals surface area contributed by atoms with Crippen LogP contribution < -0.4 is 16.4 Å². The molecular formula is C12H15N5O. The molecule has 0 bridgehead atoms. The lowest BCUT2D eigenvalue weighted by Gasteiger charge is -2.07. The molecule has 0 saturated carbocycles. The lowest BCUT2D eigenvalue weighted by atomic mass is 10.3. The molecule has 18 heavy (non-hydrogen) atoms. The number of benzene rings is 1. The predicted molar refractivity (Wildman–Crippen MR) is 70.2 cm³/mol. The van der Waals surface area contributed by atoms with Gasteiger partial charge in [-0.1, -0.05) is 0 Å². The second-order valence-corrected chi connectivity index (χ2v) is 3.79. The maximum Gasteiger partial charge on any atom is 0.319 e. The molecule has 6 heteroatoms. The molecule has 0 aliphatic rings. The third-order valence-electron chi connectivity index (χ3n) is 2.37. The number of carbonyl (C=O) groups excluding carboxylic acids is 1. The summed E-state index contributed by atoms with van der Waals surface area (Å²) >= 11 is 0. The zero-order valence-corrected chi connectivity index (χ0v) is 9.81. The average Bonchev–Trinajstić information content (AvgIpc) is 2.85. The van der Waals surface area contributed by atoms with E-state index in [0.29, 0.717) is 24.3 Å². The number of urea groups is 1. The number of hydrogen-bond donors (Lipinski definition) is 4. The van der Waals surface area contributed by atoms with Crippen LogP contribution in [0.1, 0.15) is 5.82 Å². The van der Waals surface area contributed by atoms with Gasteiger partial charge in [0.2, 0.25) is 0 Å². The first-order chi connectivity index (χ1) is 8.74. The topological polar surface area (TPSA) is 95.8 Å². The molecule has 0 unspecified atom stereocenters. The molecule has 0 aliphatic heterocycles. The fourth-order valence-corrected chi connectivity index (χ4v) is 1.47. The van der Waals surface area contributed by atoms with Crippen molar-refractivity contribution in [2.45, 2.75) is 6.42 Å². The third kappa shape index (κ3) is 3.51. The molecule has 6 nitrogen and oxygen atoms in total. The van der Waals surface area contributed by atoms with E-state index in [0.717, 1.165) is 5.82 Å². The number of aromatic amines is 1. The summed E-state index contributed by atoms with van der Waals surface area (Å²) < 4.78 is 0. The van der Waals surface area contributed by atoms with Gasteiger partial charge in [-0.05, 0) is 24.3 Å². The molecule has 1 aromatic heterocycles. The molecule has 94 valence electrons. The minimum Gasteiger partial charge on any atom is -0.399 e. The number of anilines is 2. The first kappa shape index (κ1) is 12.0. The Kier molecular flexibility index (Phi) is 3.80. The Labute approximate surface area is 105 Å². The summed E-state index contributed by atoms with van der Waals surface area (Å²) in [4.78, 5) is 18.6. The van der Waals surface area contributed by atoms with Crippen LogP contribution in [0.5, 0.6) is 0 Å². The number of imidazole rings is 1. The molecule has 0 aliphatic carbocycles. The highest BCUT2D eigenvalue weighted by Gasteiger charge is 2.01.